The van der Waals surface area contributed by atoms with Crippen LogP contribution in [0, 0.1) is 13.8 Å². The molecule has 2 heterocycles. The summed E-state index contributed by atoms with van der Waals surface area (Å²) in [6, 6.07) is 33.9. The van der Waals surface area contributed by atoms with E-state index in [-0.39, 0.29) is 38.9 Å². The highest BCUT2D eigenvalue weighted by atomic mass is 127. The summed E-state index contributed by atoms with van der Waals surface area (Å²) in [6.07, 6.45) is -8.13. The lowest BCUT2D eigenvalue weighted by Gasteiger charge is -2.12. The normalized spacial score (nSPS) is 12.3. The van der Waals surface area contributed by atoms with Gasteiger partial charge < -0.3 is 15.2 Å². The molecule has 2 N–H and O–H groups in total. The molecule has 356 valence electrons. The largest absolute Gasteiger partial charge is 0.457 e. The smallest absolute Gasteiger partial charge is 0.418 e. The number of imidazole rings is 2. The molecule has 2 aromatic heterocycles. The van der Waals surface area contributed by atoms with E-state index in [0.717, 1.165) is 16.6 Å². The van der Waals surface area contributed by atoms with E-state index in [1.165, 1.54) is 36.4 Å². The average Bonchev–Trinajstić information content (AvgIpc) is 3.82. The third kappa shape index (κ3) is 11.3. The Labute approximate surface area is 401 Å². The van der Waals surface area contributed by atoms with E-state index < -0.39 is 43.2 Å². The minimum atomic E-state index is -4.52. The van der Waals surface area contributed by atoms with Crippen molar-refractivity contribution in [2.75, 3.05) is 22.5 Å². The van der Waals surface area contributed by atoms with Crippen molar-refractivity contribution in [1.82, 2.24) is 19.1 Å². The standard InChI is InChI=1S/C24H20F3IN2O3S.C24H22F3N3O3S/c2*1-16-29-23-21(24(25,26)27)10-4-11-22(23)30(16)17-6-2-7-18(14-17)33-19-8-3-9-20(15-19)34(31,32)13-5-12-28/h2-4,6-11,14-15H,5,12-13H2,1H3;2-4,6-11,14-15H,5,12-13,28H2,1H3. The lowest BCUT2D eigenvalue weighted by molar-refractivity contribution is -0.137. The van der Waals surface area contributed by atoms with Crippen molar-refractivity contribution in [1.29, 1.82) is 0 Å². The van der Waals surface area contributed by atoms with Gasteiger partial charge in [0.2, 0.25) is 0 Å². The molecule has 0 spiro atoms. The minimum absolute atomic E-state index is 0.0573. The number of hydrogen-bond acceptors (Lipinski definition) is 9. The number of fused-ring (bicyclic) bond motifs is 2. The zero-order valence-corrected chi connectivity index (χ0v) is 40.0. The van der Waals surface area contributed by atoms with Gasteiger partial charge in [0.25, 0.3) is 0 Å². The van der Waals surface area contributed by atoms with Crippen LogP contribution in [0.2, 0.25) is 0 Å². The number of rotatable bonds is 14. The summed E-state index contributed by atoms with van der Waals surface area (Å²) in [5.74, 6) is 2.24. The fourth-order valence-corrected chi connectivity index (χ4v) is 11.0. The number of aromatic nitrogens is 4. The number of nitrogens with two attached hydrogens (primary N) is 1. The summed E-state index contributed by atoms with van der Waals surface area (Å²) >= 11 is 2.14. The Hall–Kier alpha value is -5.97. The molecular formula is C48H42F6IN5O6S2. The number of halogens is 7. The van der Waals surface area contributed by atoms with E-state index in [2.05, 4.69) is 32.6 Å². The maximum Gasteiger partial charge on any atom is 0.418 e. The van der Waals surface area contributed by atoms with Gasteiger partial charge in [-0.1, -0.05) is 59.0 Å². The number of para-hydroxylation sites is 2. The Morgan fingerprint density at radius 1 is 0.544 bits per heavy atom. The topological polar surface area (TPSA) is 148 Å². The summed E-state index contributed by atoms with van der Waals surface area (Å²) < 4.78 is 146. The number of sulfone groups is 2. The van der Waals surface area contributed by atoms with Gasteiger partial charge in [-0.05, 0) is 118 Å². The molecule has 0 aliphatic rings. The van der Waals surface area contributed by atoms with Crippen LogP contribution in [0.15, 0.2) is 143 Å². The van der Waals surface area contributed by atoms with E-state index in [4.69, 9.17) is 15.2 Å². The van der Waals surface area contributed by atoms with Gasteiger partial charge in [0, 0.05) is 16.6 Å². The summed E-state index contributed by atoms with van der Waals surface area (Å²) in [4.78, 5) is 8.64. The summed E-state index contributed by atoms with van der Waals surface area (Å²) in [5, 5.41) is 0. The van der Waals surface area contributed by atoms with Crippen molar-refractivity contribution >= 4 is 64.3 Å². The van der Waals surface area contributed by atoms with Crippen LogP contribution in [0.5, 0.6) is 23.0 Å². The van der Waals surface area contributed by atoms with Gasteiger partial charge in [-0.25, -0.2) is 26.8 Å². The molecule has 0 aliphatic heterocycles. The Kier molecular flexibility index (Phi) is 14.9. The summed E-state index contributed by atoms with van der Waals surface area (Å²) in [6.45, 7) is 3.54. The molecule has 0 saturated heterocycles. The molecule has 0 radical (unpaired) electrons. The first-order valence-electron chi connectivity index (χ1n) is 20.8. The highest BCUT2D eigenvalue weighted by molar-refractivity contribution is 14.1. The first kappa shape index (κ1) is 49.9. The van der Waals surface area contributed by atoms with Crippen LogP contribution in [-0.4, -0.2) is 58.4 Å². The number of benzene rings is 6. The quantitative estimate of drug-likeness (QED) is 0.0638. The highest BCUT2D eigenvalue weighted by Crippen LogP contribution is 2.38. The molecule has 0 atom stereocenters. The van der Waals surface area contributed by atoms with E-state index in [1.807, 2.05) is 0 Å². The predicted molar refractivity (Wildman–Crippen MR) is 256 cm³/mol. The zero-order valence-electron chi connectivity index (χ0n) is 36.2. The van der Waals surface area contributed by atoms with Crippen molar-refractivity contribution in [2.45, 2.75) is 48.8 Å². The average molecular weight is 1090 g/mol. The molecule has 8 rings (SSSR count). The maximum atomic E-state index is 13.4. The van der Waals surface area contributed by atoms with E-state index in [9.17, 15) is 43.2 Å². The van der Waals surface area contributed by atoms with Crippen LogP contribution in [0.25, 0.3) is 33.4 Å². The zero-order chi connectivity index (χ0) is 49.0. The van der Waals surface area contributed by atoms with Gasteiger partial charge in [0.1, 0.15) is 45.7 Å². The number of hydrogen-bond donors (Lipinski definition) is 1. The van der Waals surface area contributed by atoms with Crippen molar-refractivity contribution in [3.05, 3.63) is 156 Å². The summed E-state index contributed by atoms with van der Waals surface area (Å²) in [5.41, 5.74) is 5.35. The van der Waals surface area contributed by atoms with Gasteiger partial charge >= 0.3 is 12.4 Å². The third-order valence-electron chi connectivity index (χ3n) is 10.4. The molecule has 6 aromatic carbocycles. The monoisotopic (exact) mass is 1090 g/mol. The lowest BCUT2D eigenvalue weighted by atomic mass is 10.1. The molecule has 0 unspecified atom stereocenters. The molecular weight excluding hydrogens is 1050 g/mol. The molecule has 68 heavy (non-hydrogen) atoms. The highest BCUT2D eigenvalue weighted by Gasteiger charge is 2.35. The van der Waals surface area contributed by atoms with E-state index >= 15 is 0 Å². The molecule has 0 saturated carbocycles. The van der Waals surface area contributed by atoms with Crippen LogP contribution in [0.1, 0.15) is 35.6 Å². The van der Waals surface area contributed by atoms with Crippen molar-refractivity contribution in [3.63, 3.8) is 0 Å². The molecule has 20 heteroatoms. The van der Waals surface area contributed by atoms with Crippen LogP contribution < -0.4 is 15.2 Å². The van der Waals surface area contributed by atoms with Gasteiger partial charge in [-0.2, -0.15) is 26.3 Å². The third-order valence-corrected chi connectivity index (χ3v) is 14.8. The van der Waals surface area contributed by atoms with Gasteiger partial charge in [-0.15, -0.1) is 0 Å². The van der Waals surface area contributed by atoms with Crippen LogP contribution in [0.3, 0.4) is 0 Å². The first-order valence-corrected chi connectivity index (χ1v) is 25.6. The Morgan fingerprint density at radius 3 is 1.29 bits per heavy atom. The van der Waals surface area contributed by atoms with Gasteiger partial charge in [-0.3, -0.25) is 9.13 Å². The Balaban J connectivity index is 0.000000201. The van der Waals surface area contributed by atoms with Crippen LogP contribution in [-0.2, 0) is 32.0 Å². The second-order valence-corrected chi connectivity index (χ2v) is 20.6. The molecule has 11 nitrogen and oxygen atoms in total. The number of alkyl halides is 7. The SMILES string of the molecule is Cc1nc2c(C(F)(F)F)cccc2n1-c1cccc(Oc2cccc(S(=O)(=O)CCCI)c2)c1.Cc1nc2c(C(F)(F)F)cccc2n1-c1cccc(Oc2cccc(S(=O)(=O)CCCN)c2)c1. The lowest BCUT2D eigenvalue weighted by Crippen LogP contribution is -2.11. The number of ether oxygens (including phenoxy) is 2. The van der Waals surface area contributed by atoms with Crippen LogP contribution >= 0.6 is 22.6 Å². The first-order chi connectivity index (χ1) is 32.2. The number of aryl methyl sites for hydroxylation is 2. The Bertz CT molecular complexity index is 3120. The van der Waals surface area contributed by atoms with Crippen molar-refractivity contribution < 1.29 is 52.7 Å². The molecule has 0 aliphatic carbocycles. The fourth-order valence-electron chi connectivity index (χ4n) is 7.40. The molecule has 0 bridgehead atoms. The van der Waals surface area contributed by atoms with Gasteiger partial charge in [0.05, 0.1) is 54.8 Å². The van der Waals surface area contributed by atoms with Crippen molar-refractivity contribution in [2.24, 2.45) is 5.73 Å². The predicted octanol–water partition coefficient (Wildman–Crippen LogP) is 12.0. The Morgan fingerprint density at radius 2 is 0.912 bits per heavy atom. The minimum Gasteiger partial charge on any atom is -0.457 e. The number of nitrogens with zero attached hydrogens (tertiary/aromatic N) is 4. The van der Waals surface area contributed by atoms with Gasteiger partial charge in [0.15, 0.2) is 19.7 Å². The second-order valence-electron chi connectivity index (χ2n) is 15.3. The maximum absolute atomic E-state index is 13.4. The molecule has 0 amide bonds. The van der Waals surface area contributed by atoms with Crippen molar-refractivity contribution in [3.8, 4) is 34.4 Å². The van der Waals surface area contributed by atoms with E-state index in [1.54, 1.807) is 108 Å². The summed E-state index contributed by atoms with van der Waals surface area (Å²) in [7, 11) is -6.91. The van der Waals surface area contributed by atoms with E-state index in [0.29, 0.717) is 69.9 Å². The molecule has 8 aromatic rings. The second kappa shape index (κ2) is 20.3. The molecule has 0 fully saturated rings. The fraction of sp³-hybridized carbons (Fsp3) is 0.208. The van der Waals surface area contributed by atoms with Crippen LogP contribution in [0.4, 0.5) is 26.3 Å².